The van der Waals surface area contributed by atoms with Crippen molar-refractivity contribution < 1.29 is 28.9 Å². The molecule has 0 aromatic heterocycles. The molecule has 4 saturated carbocycles. The van der Waals surface area contributed by atoms with Crippen molar-refractivity contribution in [3.8, 4) is 0 Å². The Hall–Kier alpha value is -0.730. The maximum absolute atomic E-state index is 12.3. The Morgan fingerprint density at radius 3 is 2.23 bits per heavy atom. The molecule has 0 bridgehead atoms. The van der Waals surface area contributed by atoms with Crippen LogP contribution in [0.2, 0.25) is 0 Å². The van der Waals surface area contributed by atoms with Gasteiger partial charge >= 0.3 is 0 Å². The molecule has 7 nitrogen and oxygen atoms in total. The molecule has 6 rings (SSSR count). The summed E-state index contributed by atoms with van der Waals surface area (Å²) >= 11 is 0. The molecular weight excluding hydrogens is 398 g/mol. The SMILES string of the molecule is CON=C1C[C@H]2[C@@H]3CCC4(OCCO4)[C@@]3(C)CC[C@@H]2[C@@]2(C)CCC3(C[C@]12O)OCCO3. The van der Waals surface area contributed by atoms with E-state index in [2.05, 4.69) is 19.0 Å². The first-order valence-electron chi connectivity index (χ1n) is 12.2. The van der Waals surface area contributed by atoms with E-state index in [-0.39, 0.29) is 10.8 Å². The first-order chi connectivity index (χ1) is 14.8. The molecule has 174 valence electrons. The van der Waals surface area contributed by atoms with E-state index in [0.29, 0.717) is 50.6 Å². The van der Waals surface area contributed by atoms with Crippen molar-refractivity contribution in [3.63, 3.8) is 0 Å². The fraction of sp³-hybridized carbons (Fsp3) is 0.958. The number of nitrogens with zero attached hydrogens (tertiary/aromatic N) is 1. The summed E-state index contributed by atoms with van der Waals surface area (Å²) in [5.74, 6) is 0.286. The second-order valence-corrected chi connectivity index (χ2v) is 11.3. The maximum Gasteiger partial charge on any atom is 0.174 e. The summed E-state index contributed by atoms with van der Waals surface area (Å²) < 4.78 is 24.6. The fourth-order valence-corrected chi connectivity index (χ4v) is 8.87. The zero-order valence-corrected chi connectivity index (χ0v) is 19.2. The molecule has 1 N–H and O–H groups in total. The van der Waals surface area contributed by atoms with E-state index in [1.807, 2.05) is 0 Å². The number of oxime groups is 1. The summed E-state index contributed by atoms with van der Waals surface area (Å²) in [4.78, 5) is 5.30. The summed E-state index contributed by atoms with van der Waals surface area (Å²) in [6.45, 7) is 7.26. The average Bonchev–Trinajstić information content (AvgIpc) is 3.46. The Morgan fingerprint density at radius 2 is 1.52 bits per heavy atom. The summed E-state index contributed by atoms with van der Waals surface area (Å²) in [5.41, 5.74) is -0.558. The van der Waals surface area contributed by atoms with Crippen LogP contribution in [0.15, 0.2) is 5.16 Å². The highest BCUT2D eigenvalue weighted by Crippen LogP contribution is 2.70. The van der Waals surface area contributed by atoms with Crippen LogP contribution in [0.5, 0.6) is 0 Å². The van der Waals surface area contributed by atoms with Crippen molar-refractivity contribution in [2.24, 2.45) is 33.7 Å². The molecule has 0 radical (unpaired) electrons. The van der Waals surface area contributed by atoms with Crippen LogP contribution in [0.25, 0.3) is 0 Å². The van der Waals surface area contributed by atoms with Crippen LogP contribution in [-0.2, 0) is 23.8 Å². The van der Waals surface area contributed by atoms with Gasteiger partial charge in [0, 0.05) is 30.1 Å². The van der Waals surface area contributed by atoms with Crippen molar-refractivity contribution in [2.75, 3.05) is 33.5 Å². The van der Waals surface area contributed by atoms with E-state index < -0.39 is 17.2 Å². The fourth-order valence-electron chi connectivity index (χ4n) is 8.87. The van der Waals surface area contributed by atoms with Gasteiger partial charge in [-0.25, -0.2) is 0 Å². The van der Waals surface area contributed by atoms with E-state index in [1.165, 1.54) is 0 Å². The largest absolute Gasteiger partial charge is 0.399 e. The Kier molecular flexibility index (Phi) is 4.48. The van der Waals surface area contributed by atoms with Crippen LogP contribution in [0.4, 0.5) is 0 Å². The third-order valence-electron chi connectivity index (χ3n) is 10.5. The van der Waals surface area contributed by atoms with Gasteiger partial charge in [0.15, 0.2) is 11.6 Å². The first-order valence-corrected chi connectivity index (χ1v) is 12.2. The van der Waals surface area contributed by atoms with Crippen molar-refractivity contribution in [1.29, 1.82) is 0 Å². The summed E-state index contributed by atoms with van der Waals surface area (Å²) in [6, 6.07) is 0. The molecule has 0 amide bonds. The second-order valence-electron chi connectivity index (χ2n) is 11.3. The zero-order valence-electron chi connectivity index (χ0n) is 19.2. The van der Waals surface area contributed by atoms with Crippen molar-refractivity contribution in [3.05, 3.63) is 0 Å². The van der Waals surface area contributed by atoms with Gasteiger partial charge in [-0.3, -0.25) is 0 Å². The molecule has 0 aromatic carbocycles. The average molecular weight is 436 g/mol. The Balaban J connectivity index is 1.39. The van der Waals surface area contributed by atoms with Crippen molar-refractivity contribution in [1.82, 2.24) is 0 Å². The number of aliphatic hydroxyl groups is 1. The van der Waals surface area contributed by atoms with Gasteiger partial charge in [0.2, 0.25) is 0 Å². The van der Waals surface area contributed by atoms with Crippen LogP contribution < -0.4 is 0 Å². The quantitative estimate of drug-likeness (QED) is 0.637. The van der Waals surface area contributed by atoms with Gasteiger partial charge in [-0.15, -0.1) is 0 Å². The molecule has 2 aliphatic heterocycles. The maximum atomic E-state index is 12.3. The van der Waals surface area contributed by atoms with Gasteiger partial charge in [-0.1, -0.05) is 19.0 Å². The number of hydrogen-bond donors (Lipinski definition) is 1. The van der Waals surface area contributed by atoms with Crippen LogP contribution in [-0.4, -0.2) is 61.5 Å². The van der Waals surface area contributed by atoms with E-state index in [4.69, 9.17) is 23.8 Å². The van der Waals surface area contributed by atoms with Gasteiger partial charge in [0.1, 0.15) is 12.7 Å². The summed E-state index contributed by atoms with van der Waals surface area (Å²) in [7, 11) is 1.58. The van der Waals surface area contributed by atoms with Crippen LogP contribution in [0.1, 0.15) is 65.2 Å². The van der Waals surface area contributed by atoms with Crippen LogP contribution in [0.3, 0.4) is 0 Å². The number of ether oxygens (including phenoxy) is 4. The highest BCUT2D eigenvalue weighted by atomic mass is 16.7. The number of hydrogen-bond acceptors (Lipinski definition) is 7. The lowest BCUT2D eigenvalue weighted by Crippen LogP contribution is -2.69. The minimum Gasteiger partial charge on any atom is -0.399 e. The van der Waals surface area contributed by atoms with Gasteiger partial charge < -0.3 is 28.9 Å². The molecule has 4 aliphatic carbocycles. The monoisotopic (exact) mass is 435 g/mol. The minimum absolute atomic E-state index is 0.0161. The lowest BCUT2D eigenvalue weighted by Gasteiger charge is -2.65. The number of rotatable bonds is 1. The minimum atomic E-state index is -1.07. The molecule has 6 aliphatic rings. The van der Waals surface area contributed by atoms with Crippen LogP contribution in [0, 0.1) is 28.6 Å². The third kappa shape index (κ3) is 2.50. The third-order valence-corrected chi connectivity index (χ3v) is 10.5. The van der Waals surface area contributed by atoms with E-state index in [9.17, 15) is 5.11 Å². The molecule has 2 saturated heterocycles. The van der Waals surface area contributed by atoms with Crippen LogP contribution >= 0.6 is 0 Å². The molecule has 7 heteroatoms. The smallest absolute Gasteiger partial charge is 0.174 e. The molecule has 6 atom stereocenters. The Bertz CT molecular complexity index is 774. The Labute approximate surface area is 184 Å². The van der Waals surface area contributed by atoms with Gasteiger partial charge in [0.05, 0.1) is 32.1 Å². The molecule has 0 unspecified atom stereocenters. The molecular formula is C24H37NO6. The standard InChI is InChI=1S/C24H37NO6/c1-20-8-9-22(28-10-11-29-22)15-23(20,26)19(25-27-3)14-16-17(20)4-6-21(2)18(16)5-7-24(21)30-12-13-31-24/h16-18,26H,4-15H2,1-3H3/t16-,17+,18+,20-,21+,23+/m1/s1. The predicted molar refractivity (Wildman–Crippen MR) is 112 cm³/mol. The van der Waals surface area contributed by atoms with E-state index in [1.54, 1.807) is 7.11 Å². The highest BCUT2D eigenvalue weighted by Gasteiger charge is 2.72. The van der Waals surface area contributed by atoms with E-state index in [0.717, 1.165) is 50.7 Å². The molecule has 6 fully saturated rings. The normalized spacial score (nSPS) is 51.1. The molecule has 2 spiro atoms. The highest BCUT2D eigenvalue weighted by molar-refractivity contribution is 5.94. The predicted octanol–water partition coefficient (Wildman–Crippen LogP) is 3.24. The Morgan fingerprint density at radius 1 is 0.871 bits per heavy atom. The first kappa shape index (κ1) is 20.8. The zero-order chi connectivity index (χ0) is 21.5. The second kappa shape index (κ2) is 6.66. The summed E-state index contributed by atoms with van der Waals surface area (Å²) in [6.07, 6.45) is 7.15. The topological polar surface area (TPSA) is 78.7 Å². The number of fused-ring (bicyclic) bond motifs is 6. The van der Waals surface area contributed by atoms with Gasteiger partial charge in [0.25, 0.3) is 0 Å². The van der Waals surface area contributed by atoms with Gasteiger partial charge in [-0.05, 0) is 49.9 Å². The molecule has 2 heterocycles. The van der Waals surface area contributed by atoms with Gasteiger partial charge in [-0.2, -0.15) is 0 Å². The van der Waals surface area contributed by atoms with Crippen molar-refractivity contribution >= 4 is 5.71 Å². The lowest BCUT2D eigenvalue weighted by atomic mass is 9.42. The van der Waals surface area contributed by atoms with Crippen molar-refractivity contribution in [2.45, 2.75) is 82.4 Å². The molecule has 31 heavy (non-hydrogen) atoms. The molecule has 0 aromatic rings. The van der Waals surface area contributed by atoms with E-state index >= 15 is 0 Å². The summed E-state index contributed by atoms with van der Waals surface area (Å²) in [5, 5.41) is 16.7. The lowest BCUT2D eigenvalue weighted by molar-refractivity contribution is -0.270.